The number of benzene rings is 2. The van der Waals surface area contributed by atoms with Crippen molar-refractivity contribution in [2.75, 3.05) is 0 Å². The van der Waals surface area contributed by atoms with Gasteiger partial charge in [-0.3, -0.25) is 10.1 Å². The topological polar surface area (TPSA) is 71.8 Å². The minimum absolute atomic E-state index is 0.109. The number of imidazole rings is 1. The Bertz CT molecular complexity index is 832. The van der Waals surface area contributed by atoms with Gasteiger partial charge >= 0.3 is 0 Å². The van der Waals surface area contributed by atoms with Crippen molar-refractivity contribution < 1.29 is 4.92 Å². The van der Waals surface area contributed by atoms with Gasteiger partial charge in [-0.1, -0.05) is 27.5 Å². The SMILES string of the molecule is O=[N+]([O-])c1cc(-c2nc3ccc(Br)cc3[nH]2)ccc1Cl. The lowest BCUT2D eigenvalue weighted by atomic mass is 10.2. The van der Waals surface area contributed by atoms with Crippen molar-refractivity contribution in [1.82, 2.24) is 9.97 Å². The van der Waals surface area contributed by atoms with Crippen LogP contribution in [0.25, 0.3) is 22.4 Å². The first-order chi connectivity index (χ1) is 9.54. The van der Waals surface area contributed by atoms with Crippen LogP contribution in [0.4, 0.5) is 5.69 Å². The molecule has 100 valence electrons. The van der Waals surface area contributed by atoms with Gasteiger partial charge in [0, 0.05) is 16.1 Å². The Morgan fingerprint density at radius 2 is 2.05 bits per heavy atom. The first kappa shape index (κ1) is 13.1. The number of nitrogens with one attached hydrogen (secondary N) is 1. The molecule has 0 spiro atoms. The van der Waals surface area contributed by atoms with Crippen LogP contribution in [0.3, 0.4) is 0 Å². The molecule has 0 radical (unpaired) electrons. The molecule has 0 bridgehead atoms. The molecular weight excluding hydrogens is 346 g/mol. The van der Waals surface area contributed by atoms with Crippen LogP contribution < -0.4 is 0 Å². The smallest absolute Gasteiger partial charge is 0.288 e. The lowest BCUT2D eigenvalue weighted by Gasteiger charge is -1.98. The van der Waals surface area contributed by atoms with E-state index in [0.29, 0.717) is 11.4 Å². The first-order valence-electron chi connectivity index (χ1n) is 5.64. The average Bonchev–Trinajstić information content (AvgIpc) is 2.81. The average molecular weight is 353 g/mol. The minimum atomic E-state index is -0.509. The van der Waals surface area contributed by atoms with E-state index in [1.807, 2.05) is 18.2 Å². The van der Waals surface area contributed by atoms with E-state index in [0.717, 1.165) is 15.5 Å². The summed E-state index contributed by atoms with van der Waals surface area (Å²) in [4.78, 5) is 17.9. The fourth-order valence-corrected chi connectivity index (χ4v) is 2.47. The number of aromatic amines is 1. The molecule has 1 aromatic heterocycles. The maximum Gasteiger partial charge on any atom is 0.288 e. The largest absolute Gasteiger partial charge is 0.338 e. The molecule has 1 heterocycles. The standard InChI is InChI=1S/C13H7BrClN3O2/c14-8-2-4-10-11(6-8)17-13(16-10)7-1-3-9(15)12(5-7)18(19)20/h1-6H,(H,16,17). The van der Waals surface area contributed by atoms with Crippen molar-refractivity contribution in [3.8, 4) is 11.4 Å². The van der Waals surface area contributed by atoms with Crippen LogP contribution in [0.5, 0.6) is 0 Å². The Balaban J connectivity index is 2.15. The van der Waals surface area contributed by atoms with Gasteiger partial charge in [0.1, 0.15) is 10.8 Å². The zero-order chi connectivity index (χ0) is 14.3. The molecule has 0 fully saturated rings. The summed E-state index contributed by atoms with van der Waals surface area (Å²) >= 11 is 9.18. The van der Waals surface area contributed by atoms with Gasteiger partial charge < -0.3 is 4.98 Å². The number of nitro benzene ring substituents is 1. The number of rotatable bonds is 2. The molecular formula is C13H7BrClN3O2. The van der Waals surface area contributed by atoms with Crippen molar-refractivity contribution in [2.45, 2.75) is 0 Å². The summed E-state index contributed by atoms with van der Waals surface area (Å²) < 4.78 is 0.933. The fourth-order valence-electron chi connectivity index (χ4n) is 1.92. The van der Waals surface area contributed by atoms with Crippen LogP contribution in [0.1, 0.15) is 0 Å². The molecule has 0 atom stereocenters. The summed E-state index contributed by atoms with van der Waals surface area (Å²) in [5.74, 6) is 0.567. The number of hydrogen-bond donors (Lipinski definition) is 1. The molecule has 0 aliphatic heterocycles. The van der Waals surface area contributed by atoms with Gasteiger partial charge in [-0.25, -0.2) is 4.98 Å². The van der Waals surface area contributed by atoms with E-state index in [-0.39, 0.29) is 10.7 Å². The Kier molecular flexibility index (Phi) is 3.19. The number of nitrogens with zero attached hydrogens (tertiary/aromatic N) is 2. The summed E-state index contributed by atoms with van der Waals surface area (Å²) in [7, 11) is 0. The number of nitro groups is 1. The molecule has 0 aliphatic carbocycles. The molecule has 0 unspecified atom stereocenters. The summed E-state index contributed by atoms with van der Waals surface area (Å²) in [5.41, 5.74) is 2.13. The number of H-pyrrole nitrogens is 1. The highest BCUT2D eigenvalue weighted by Gasteiger charge is 2.15. The summed E-state index contributed by atoms with van der Waals surface area (Å²) in [6, 6.07) is 10.3. The summed E-state index contributed by atoms with van der Waals surface area (Å²) in [5, 5.41) is 11.0. The highest BCUT2D eigenvalue weighted by molar-refractivity contribution is 9.10. The Morgan fingerprint density at radius 1 is 1.25 bits per heavy atom. The summed E-state index contributed by atoms with van der Waals surface area (Å²) in [6.07, 6.45) is 0. The second-order valence-electron chi connectivity index (χ2n) is 4.17. The molecule has 3 rings (SSSR count). The molecule has 5 nitrogen and oxygen atoms in total. The maximum absolute atomic E-state index is 10.9. The molecule has 1 N–H and O–H groups in total. The van der Waals surface area contributed by atoms with Gasteiger partial charge in [0.05, 0.1) is 16.0 Å². The van der Waals surface area contributed by atoms with Crippen LogP contribution in [-0.4, -0.2) is 14.9 Å². The zero-order valence-electron chi connectivity index (χ0n) is 9.93. The van der Waals surface area contributed by atoms with Crippen LogP contribution in [-0.2, 0) is 0 Å². The highest BCUT2D eigenvalue weighted by Crippen LogP contribution is 2.30. The van der Waals surface area contributed by atoms with Crippen molar-refractivity contribution in [1.29, 1.82) is 0 Å². The maximum atomic E-state index is 10.9. The number of halogens is 2. The quantitative estimate of drug-likeness (QED) is 0.543. The van der Waals surface area contributed by atoms with E-state index in [1.54, 1.807) is 6.07 Å². The molecule has 2 aromatic carbocycles. The van der Waals surface area contributed by atoms with Crippen LogP contribution in [0, 0.1) is 10.1 Å². The second kappa shape index (κ2) is 4.88. The number of aromatic nitrogens is 2. The van der Waals surface area contributed by atoms with Crippen LogP contribution >= 0.6 is 27.5 Å². The van der Waals surface area contributed by atoms with Crippen molar-refractivity contribution in [2.24, 2.45) is 0 Å². The Hall–Kier alpha value is -1.92. The predicted octanol–water partition coefficient (Wildman–Crippen LogP) is 4.55. The summed E-state index contributed by atoms with van der Waals surface area (Å²) in [6.45, 7) is 0. The van der Waals surface area contributed by atoms with E-state index >= 15 is 0 Å². The monoisotopic (exact) mass is 351 g/mol. The Morgan fingerprint density at radius 3 is 2.80 bits per heavy atom. The van der Waals surface area contributed by atoms with E-state index in [4.69, 9.17) is 11.6 Å². The van der Waals surface area contributed by atoms with Crippen molar-refractivity contribution in [3.05, 3.63) is 56.0 Å². The predicted molar refractivity (Wildman–Crippen MR) is 80.9 cm³/mol. The lowest BCUT2D eigenvalue weighted by molar-refractivity contribution is -0.384. The molecule has 0 saturated carbocycles. The second-order valence-corrected chi connectivity index (χ2v) is 5.49. The van der Waals surface area contributed by atoms with Gasteiger partial charge in [-0.15, -0.1) is 0 Å². The normalized spacial score (nSPS) is 10.9. The highest BCUT2D eigenvalue weighted by atomic mass is 79.9. The number of hydrogen-bond acceptors (Lipinski definition) is 3. The first-order valence-corrected chi connectivity index (χ1v) is 6.81. The molecule has 20 heavy (non-hydrogen) atoms. The van der Waals surface area contributed by atoms with Gasteiger partial charge in [0.15, 0.2) is 0 Å². The molecule has 0 aliphatic rings. The third-order valence-corrected chi connectivity index (χ3v) is 3.67. The van der Waals surface area contributed by atoms with Crippen molar-refractivity contribution in [3.63, 3.8) is 0 Å². The molecule has 0 amide bonds. The van der Waals surface area contributed by atoms with Gasteiger partial charge in [-0.05, 0) is 30.3 Å². The third-order valence-electron chi connectivity index (χ3n) is 2.86. The Labute approximate surface area is 126 Å². The molecule has 0 saturated heterocycles. The van der Waals surface area contributed by atoms with Crippen molar-refractivity contribution >= 4 is 44.3 Å². The third kappa shape index (κ3) is 2.28. The van der Waals surface area contributed by atoms with E-state index in [1.165, 1.54) is 12.1 Å². The zero-order valence-corrected chi connectivity index (χ0v) is 12.3. The number of fused-ring (bicyclic) bond motifs is 1. The molecule has 7 heteroatoms. The van der Waals surface area contributed by atoms with Crippen LogP contribution in [0.2, 0.25) is 5.02 Å². The van der Waals surface area contributed by atoms with E-state index in [9.17, 15) is 10.1 Å². The van der Waals surface area contributed by atoms with Gasteiger partial charge in [-0.2, -0.15) is 0 Å². The molecule has 3 aromatic rings. The van der Waals surface area contributed by atoms with Crippen LogP contribution in [0.15, 0.2) is 40.9 Å². The van der Waals surface area contributed by atoms with E-state index < -0.39 is 4.92 Å². The minimum Gasteiger partial charge on any atom is -0.338 e. The van der Waals surface area contributed by atoms with Gasteiger partial charge in [0.25, 0.3) is 5.69 Å². The fraction of sp³-hybridized carbons (Fsp3) is 0. The lowest BCUT2D eigenvalue weighted by Crippen LogP contribution is -1.90. The van der Waals surface area contributed by atoms with Gasteiger partial charge in [0.2, 0.25) is 0 Å². The van der Waals surface area contributed by atoms with E-state index in [2.05, 4.69) is 25.9 Å².